The standard InChI is InChI=1S/C18H19NO2S/c1-13-3-8-17(22-13)18(20)19-11-9-15(10-12-19)14-4-6-16(21-2)7-5-14/h3-9H,10-12H2,1-2H3. The van der Waals surface area contributed by atoms with Crippen molar-refractivity contribution in [1.82, 2.24) is 4.90 Å². The summed E-state index contributed by atoms with van der Waals surface area (Å²) < 4.78 is 5.18. The minimum Gasteiger partial charge on any atom is -0.497 e. The van der Waals surface area contributed by atoms with E-state index in [9.17, 15) is 4.79 Å². The van der Waals surface area contributed by atoms with Crippen LogP contribution in [0.15, 0.2) is 42.5 Å². The Labute approximate surface area is 134 Å². The molecule has 1 aromatic heterocycles. The van der Waals surface area contributed by atoms with Gasteiger partial charge in [0.05, 0.1) is 12.0 Å². The minimum absolute atomic E-state index is 0.142. The van der Waals surface area contributed by atoms with E-state index in [1.54, 1.807) is 18.4 Å². The summed E-state index contributed by atoms with van der Waals surface area (Å²) in [6.07, 6.45) is 3.05. The van der Waals surface area contributed by atoms with Gasteiger partial charge in [-0.15, -0.1) is 11.3 Å². The fraction of sp³-hybridized carbons (Fsp3) is 0.278. The van der Waals surface area contributed by atoms with Gasteiger partial charge in [0.1, 0.15) is 5.75 Å². The first kappa shape index (κ1) is 14.9. The fourth-order valence-electron chi connectivity index (χ4n) is 2.63. The predicted molar refractivity (Wildman–Crippen MR) is 90.5 cm³/mol. The largest absolute Gasteiger partial charge is 0.497 e. The molecule has 4 heteroatoms. The quantitative estimate of drug-likeness (QED) is 0.857. The van der Waals surface area contributed by atoms with Crippen LogP contribution in [0.4, 0.5) is 0 Å². The molecule has 114 valence electrons. The van der Waals surface area contributed by atoms with Gasteiger partial charge in [0.2, 0.25) is 0 Å². The molecule has 1 aliphatic rings. The van der Waals surface area contributed by atoms with Crippen LogP contribution >= 0.6 is 11.3 Å². The normalized spacial score (nSPS) is 14.6. The number of methoxy groups -OCH3 is 1. The summed E-state index contributed by atoms with van der Waals surface area (Å²) in [5, 5.41) is 0. The van der Waals surface area contributed by atoms with E-state index in [4.69, 9.17) is 4.74 Å². The summed E-state index contributed by atoms with van der Waals surface area (Å²) in [4.78, 5) is 16.4. The Bertz CT molecular complexity index is 700. The van der Waals surface area contributed by atoms with Crippen molar-refractivity contribution >= 4 is 22.8 Å². The maximum atomic E-state index is 12.4. The summed E-state index contributed by atoms with van der Waals surface area (Å²) in [6, 6.07) is 12.0. The third kappa shape index (κ3) is 3.07. The van der Waals surface area contributed by atoms with Gasteiger partial charge in [-0.25, -0.2) is 0 Å². The Morgan fingerprint density at radius 3 is 2.50 bits per heavy atom. The molecule has 1 aromatic carbocycles. The zero-order chi connectivity index (χ0) is 15.5. The molecular formula is C18H19NO2S. The van der Waals surface area contributed by atoms with Gasteiger partial charge < -0.3 is 9.64 Å². The lowest BCUT2D eigenvalue weighted by atomic mass is 9.99. The van der Waals surface area contributed by atoms with E-state index in [-0.39, 0.29) is 5.91 Å². The molecule has 0 unspecified atom stereocenters. The zero-order valence-corrected chi connectivity index (χ0v) is 13.7. The first-order chi connectivity index (χ1) is 10.7. The monoisotopic (exact) mass is 313 g/mol. The molecule has 0 saturated heterocycles. The number of thiophene rings is 1. The maximum Gasteiger partial charge on any atom is 0.264 e. The number of benzene rings is 1. The summed E-state index contributed by atoms with van der Waals surface area (Å²) in [6.45, 7) is 3.48. The van der Waals surface area contributed by atoms with Crippen LogP contribution in [0, 0.1) is 6.92 Å². The van der Waals surface area contributed by atoms with Gasteiger partial charge in [-0.3, -0.25) is 4.79 Å². The lowest BCUT2D eigenvalue weighted by Crippen LogP contribution is -2.34. The predicted octanol–water partition coefficient (Wildman–Crippen LogP) is 3.99. The lowest BCUT2D eigenvalue weighted by Gasteiger charge is -2.26. The SMILES string of the molecule is COc1ccc(C2=CCN(C(=O)c3ccc(C)s3)CC2)cc1. The number of aryl methyl sites for hydroxylation is 1. The van der Waals surface area contributed by atoms with Gasteiger partial charge in [0.25, 0.3) is 5.91 Å². The van der Waals surface area contributed by atoms with E-state index >= 15 is 0 Å². The van der Waals surface area contributed by atoms with Crippen LogP contribution in [-0.4, -0.2) is 31.0 Å². The molecule has 0 N–H and O–H groups in total. The van der Waals surface area contributed by atoms with E-state index in [1.807, 2.05) is 36.1 Å². The van der Waals surface area contributed by atoms with Crippen LogP contribution in [-0.2, 0) is 0 Å². The maximum absolute atomic E-state index is 12.4. The van der Waals surface area contributed by atoms with Crippen molar-refractivity contribution < 1.29 is 9.53 Å². The van der Waals surface area contributed by atoms with Crippen molar-refractivity contribution in [1.29, 1.82) is 0 Å². The topological polar surface area (TPSA) is 29.5 Å². The smallest absolute Gasteiger partial charge is 0.264 e. The first-order valence-corrected chi connectivity index (χ1v) is 8.18. The van der Waals surface area contributed by atoms with Gasteiger partial charge in [-0.05, 0) is 48.7 Å². The van der Waals surface area contributed by atoms with Gasteiger partial charge in [-0.2, -0.15) is 0 Å². The number of hydrogen-bond acceptors (Lipinski definition) is 3. The molecule has 1 aliphatic heterocycles. The van der Waals surface area contributed by atoms with Gasteiger partial charge >= 0.3 is 0 Å². The van der Waals surface area contributed by atoms with E-state index in [2.05, 4.69) is 18.2 Å². The molecule has 0 saturated carbocycles. The highest BCUT2D eigenvalue weighted by atomic mass is 32.1. The number of carbonyl (C=O) groups excluding carboxylic acids is 1. The Hall–Kier alpha value is -2.07. The Morgan fingerprint density at radius 1 is 1.18 bits per heavy atom. The summed E-state index contributed by atoms with van der Waals surface area (Å²) in [5.74, 6) is 1.01. The second-order valence-corrected chi connectivity index (χ2v) is 6.66. The Kier molecular flexibility index (Phi) is 4.29. The molecule has 2 aromatic rings. The van der Waals surface area contributed by atoms with Crippen molar-refractivity contribution in [3.05, 3.63) is 57.8 Å². The van der Waals surface area contributed by atoms with Gasteiger partial charge in [0, 0.05) is 18.0 Å². The average Bonchev–Trinajstić information content (AvgIpc) is 3.01. The number of amides is 1. The van der Waals surface area contributed by atoms with Crippen LogP contribution < -0.4 is 4.74 Å². The second kappa shape index (κ2) is 6.36. The van der Waals surface area contributed by atoms with E-state index in [1.165, 1.54) is 16.0 Å². The molecule has 0 spiro atoms. The van der Waals surface area contributed by atoms with Crippen LogP contribution in [0.2, 0.25) is 0 Å². The van der Waals surface area contributed by atoms with Crippen LogP contribution in [0.25, 0.3) is 5.57 Å². The highest BCUT2D eigenvalue weighted by Gasteiger charge is 2.20. The van der Waals surface area contributed by atoms with Crippen molar-refractivity contribution in [3.8, 4) is 5.75 Å². The minimum atomic E-state index is 0.142. The van der Waals surface area contributed by atoms with Gasteiger partial charge in [0.15, 0.2) is 0 Å². The number of rotatable bonds is 3. The highest BCUT2D eigenvalue weighted by Crippen LogP contribution is 2.26. The van der Waals surface area contributed by atoms with E-state index in [0.717, 1.165) is 23.6 Å². The third-order valence-electron chi connectivity index (χ3n) is 3.91. The zero-order valence-electron chi connectivity index (χ0n) is 12.8. The molecule has 0 radical (unpaired) electrons. The van der Waals surface area contributed by atoms with Crippen LogP contribution in [0.5, 0.6) is 5.75 Å². The number of ether oxygens (including phenoxy) is 1. The van der Waals surface area contributed by atoms with Crippen LogP contribution in [0.3, 0.4) is 0 Å². The van der Waals surface area contributed by atoms with Gasteiger partial charge in [-0.1, -0.05) is 18.2 Å². The summed E-state index contributed by atoms with van der Waals surface area (Å²) in [5.41, 5.74) is 2.51. The summed E-state index contributed by atoms with van der Waals surface area (Å²) >= 11 is 1.56. The van der Waals surface area contributed by atoms with E-state index < -0.39 is 0 Å². The van der Waals surface area contributed by atoms with Crippen molar-refractivity contribution in [2.75, 3.05) is 20.2 Å². The molecule has 22 heavy (non-hydrogen) atoms. The van der Waals surface area contributed by atoms with E-state index in [0.29, 0.717) is 6.54 Å². The lowest BCUT2D eigenvalue weighted by molar-refractivity contribution is 0.0777. The van der Waals surface area contributed by atoms with Crippen LogP contribution in [0.1, 0.15) is 26.5 Å². The Morgan fingerprint density at radius 2 is 1.95 bits per heavy atom. The van der Waals surface area contributed by atoms with Crippen molar-refractivity contribution in [2.45, 2.75) is 13.3 Å². The van der Waals surface area contributed by atoms with Crippen molar-refractivity contribution in [2.24, 2.45) is 0 Å². The molecule has 0 fully saturated rings. The molecule has 1 amide bonds. The first-order valence-electron chi connectivity index (χ1n) is 7.36. The highest BCUT2D eigenvalue weighted by molar-refractivity contribution is 7.13. The van der Waals surface area contributed by atoms with Crippen molar-refractivity contribution in [3.63, 3.8) is 0 Å². The third-order valence-corrected chi connectivity index (χ3v) is 4.90. The average molecular weight is 313 g/mol. The molecule has 3 rings (SSSR count). The Balaban J connectivity index is 1.69. The summed E-state index contributed by atoms with van der Waals surface area (Å²) in [7, 11) is 1.67. The second-order valence-electron chi connectivity index (χ2n) is 5.37. The fourth-order valence-corrected chi connectivity index (χ4v) is 3.46. The molecule has 0 aliphatic carbocycles. The molecule has 0 bridgehead atoms. The molecule has 0 atom stereocenters. The molecule has 3 nitrogen and oxygen atoms in total. The number of hydrogen-bond donors (Lipinski definition) is 0. The number of nitrogens with zero attached hydrogens (tertiary/aromatic N) is 1. The molecule has 2 heterocycles. The number of carbonyl (C=O) groups is 1. The molecular weight excluding hydrogens is 294 g/mol.